The van der Waals surface area contributed by atoms with E-state index in [1.54, 1.807) is 0 Å². The maximum Gasteiger partial charge on any atom is 0.262 e. The van der Waals surface area contributed by atoms with Crippen LogP contribution in [0.4, 0.5) is 10.1 Å². The van der Waals surface area contributed by atoms with Crippen molar-refractivity contribution in [1.82, 2.24) is 4.90 Å². The van der Waals surface area contributed by atoms with E-state index in [9.17, 15) is 18.8 Å². The lowest BCUT2D eigenvalue weighted by atomic mass is 10.1. The lowest BCUT2D eigenvalue weighted by Crippen LogP contribution is -2.37. The number of nitrogens with zero attached hydrogens (tertiary/aromatic N) is 1. The van der Waals surface area contributed by atoms with Gasteiger partial charge in [-0.05, 0) is 30.3 Å². The van der Waals surface area contributed by atoms with Crippen molar-refractivity contribution in [1.29, 1.82) is 0 Å². The molecule has 1 heterocycles. The van der Waals surface area contributed by atoms with E-state index >= 15 is 0 Å². The highest BCUT2D eigenvalue weighted by Crippen LogP contribution is 2.31. The molecule has 122 valence electrons. The second kappa shape index (κ2) is 6.22. The average Bonchev–Trinajstić information content (AvgIpc) is 2.73. The molecule has 0 bridgehead atoms. The number of imide groups is 1. The van der Waals surface area contributed by atoms with Crippen LogP contribution in [0.2, 0.25) is 10.0 Å². The van der Waals surface area contributed by atoms with Gasteiger partial charge in [-0.25, -0.2) is 4.39 Å². The molecule has 0 spiro atoms. The van der Waals surface area contributed by atoms with Crippen molar-refractivity contribution in [3.05, 3.63) is 63.4 Å². The van der Waals surface area contributed by atoms with Crippen LogP contribution in [0.25, 0.3) is 0 Å². The fraction of sp³-hybridized carbons (Fsp3) is 0.0625. The third kappa shape index (κ3) is 2.98. The van der Waals surface area contributed by atoms with Crippen molar-refractivity contribution in [3.63, 3.8) is 0 Å². The molecule has 2 aromatic carbocycles. The molecule has 0 saturated carbocycles. The highest BCUT2D eigenvalue weighted by Gasteiger charge is 2.37. The van der Waals surface area contributed by atoms with Crippen LogP contribution >= 0.6 is 23.2 Å². The van der Waals surface area contributed by atoms with Crippen molar-refractivity contribution in [2.45, 2.75) is 0 Å². The SMILES string of the molecule is O=C(CN1C(=O)c2cc(Cl)c(Cl)cc2C1=O)Nc1cccc(F)c1. The summed E-state index contributed by atoms with van der Waals surface area (Å²) in [6.45, 7) is -0.502. The first-order chi connectivity index (χ1) is 11.4. The molecular weight excluding hydrogens is 358 g/mol. The Kier molecular flexibility index (Phi) is 4.26. The third-order valence-electron chi connectivity index (χ3n) is 3.42. The fourth-order valence-corrected chi connectivity index (χ4v) is 2.67. The van der Waals surface area contributed by atoms with Gasteiger partial charge in [-0.1, -0.05) is 29.3 Å². The van der Waals surface area contributed by atoms with Crippen LogP contribution in [0.1, 0.15) is 20.7 Å². The summed E-state index contributed by atoms with van der Waals surface area (Å²) in [7, 11) is 0. The molecule has 0 aliphatic carbocycles. The predicted octanol–water partition coefficient (Wildman–Crippen LogP) is 3.37. The minimum absolute atomic E-state index is 0.0907. The van der Waals surface area contributed by atoms with Gasteiger partial charge in [0.05, 0.1) is 21.2 Å². The number of nitrogens with one attached hydrogen (secondary N) is 1. The van der Waals surface area contributed by atoms with E-state index in [-0.39, 0.29) is 26.9 Å². The summed E-state index contributed by atoms with van der Waals surface area (Å²) in [5, 5.41) is 2.71. The van der Waals surface area contributed by atoms with E-state index < -0.39 is 30.1 Å². The van der Waals surface area contributed by atoms with Crippen LogP contribution in [0, 0.1) is 5.82 Å². The number of anilines is 1. The zero-order valence-electron chi connectivity index (χ0n) is 12.0. The van der Waals surface area contributed by atoms with Crippen LogP contribution in [-0.4, -0.2) is 29.2 Å². The Balaban J connectivity index is 1.78. The van der Waals surface area contributed by atoms with Gasteiger partial charge in [0.2, 0.25) is 5.91 Å². The highest BCUT2D eigenvalue weighted by molar-refractivity contribution is 6.43. The van der Waals surface area contributed by atoms with E-state index in [4.69, 9.17) is 23.2 Å². The van der Waals surface area contributed by atoms with Gasteiger partial charge in [-0.2, -0.15) is 0 Å². The second-order valence-electron chi connectivity index (χ2n) is 5.07. The molecule has 0 radical (unpaired) electrons. The van der Waals surface area contributed by atoms with E-state index in [0.29, 0.717) is 0 Å². The van der Waals surface area contributed by atoms with Crippen molar-refractivity contribution < 1.29 is 18.8 Å². The molecule has 1 aliphatic rings. The lowest BCUT2D eigenvalue weighted by molar-refractivity contribution is -0.116. The summed E-state index contributed by atoms with van der Waals surface area (Å²) in [6, 6.07) is 7.86. The van der Waals surface area contributed by atoms with Crippen LogP contribution in [-0.2, 0) is 4.79 Å². The zero-order valence-corrected chi connectivity index (χ0v) is 13.5. The first-order valence-corrected chi connectivity index (χ1v) is 7.53. The first kappa shape index (κ1) is 16.4. The Hall–Kier alpha value is -2.44. The maximum absolute atomic E-state index is 13.1. The molecule has 0 aromatic heterocycles. The molecule has 8 heteroatoms. The van der Waals surface area contributed by atoms with Gasteiger partial charge in [-0.3, -0.25) is 19.3 Å². The molecule has 0 saturated heterocycles. The van der Waals surface area contributed by atoms with Gasteiger partial charge in [0.15, 0.2) is 0 Å². The molecule has 1 aliphatic heterocycles. The van der Waals surface area contributed by atoms with Crippen LogP contribution in [0.3, 0.4) is 0 Å². The number of halogens is 3. The van der Waals surface area contributed by atoms with Gasteiger partial charge in [-0.15, -0.1) is 0 Å². The van der Waals surface area contributed by atoms with Crippen molar-refractivity contribution in [2.24, 2.45) is 0 Å². The lowest BCUT2D eigenvalue weighted by Gasteiger charge is -2.13. The smallest absolute Gasteiger partial charge is 0.262 e. The number of hydrogen-bond acceptors (Lipinski definition) is 3. The molecule has 3 rings (SSSR count). The topological polar surface area (TPSA) is 66.5 Å². The van der Waals surface area contributed by atoms with Crippen LogP contribution in [0.15, 0.2) is 36.4 Å². The maximum atomic E-state index is 13.1. The molecule has 0 unspecified atom stereocenters. The van der Waals surface area contributed by atoms with Crippen LogP contribution < -0.4 is 5.32 Å². The minimum atomic E-state index is -0.636. The quantitative estimate of drug-likeness (QED) is 0.846. The van der Waals surface area contributed by atoms with Gasteiger partial charge in [0.25, 0.3) is 11.8 Å². The van der Waals surface area contributed by atoms with Gasteiger partial charge < -0.3 is 5.32 Å². The number of amides is 3. The molecule has 2 aromatic rings. The molecule has 24 heavy (non-hydrogen) atoms. The minimum Gasteiger partial charge on any atom is -0.324 e. The number of carbonyl (C=O) groups is 3. The number of benzene rings is 2. The summed E-state index contributed by atoms with van der Waals surface area (Å²) in [4.78, 5) is 37.4. The Morgan fingerprint density at radius 2 is 1.62 bits per heavy atom. The summed E-state index contributed by atoms with van der Waals surface area (Å²) >= 11 is 11.7. The first-order valence-electron chi connectivity index (χ1n) is 6.77. The van der Waals surface area contributed by atoms with Crippen molar-refractivity contribution in [2.75, 3.05) is 11.9 Å². The molecule has 0 atom stereocenters. The fourth-order valence-electron chi connectivity index (χ4n) is 2.34. The van der Waals surface area contributed by atoms with E-state index in [1.165, 1.54) is 30.3 Å². The standard InChI is InChI=1S/C16H9Cl2FN2O3/c17-12-5-10-11(6-13(12)18)16(24)21(15(10)23)7-14(22)20-9-3-1-2-8(19)4-9/h1-6H,7H2,(H,20,22). The normalized spacial score (nSPS) is 13.2. The number of carbonyl (C=O) groups excluding carboxylic acids is 3. The summed E-state index contributed by atoms with van der Waals surface area (Å²) in [5.74, 6) is -2.42. The molecule has 3 amide bonds. The Morgan fingerprint density at radius 3 is 2.17 bits per heavy atom. The van der Waals surface area contributed by atoms with E-state index in [2.05, 4.69) is 5.32 Å². The van der Waals surface area contributed by atoms with Gasteiger partial charge in [0.1, 0.15) is 12.4 Å². The Labute approximate surface area is 146 Å². The Morgan fingerprint density at radius 1 is 1.04 bits per heavy atom. The Bertz CT molecular complexity index is 845. The van der Waals surface area contributed by atoms with E-state index in [1.807, 2.05) is 0 Å². The molecule has 5 nitrogen and oxygen atoms in total. The third-order valence-corrected chi connectivity index (χ3v) is 4.14. The van der Waals surface area contributed by atoms with Gasteiger partial charge in [0, 0.05) is 5.69 Å². The summed E-state index contributed by atoms with van der Waals surface area (Å²) in [6.07, 6.45) is 0. The second-order valence-corrected chi connectivity index (χ2v) is 5.88. The number of rotatable bonds is 3. The number of hydrogen-bond donors (Lipinski definition) is 1. The summed E-state index contributed by atoms with van der Waals surface area (Å²) < 4.78 is 13.1. The number of fused-ring (bicyclic) bond motifs is 1. The average molecular weight is 367 g/mol. The zero-order chi connectivity index (χ0) is 17.4. The predicted molar refractivity (Wildman–Crippen MR) is 86.9 cm³/mol. The van der Waals surface area contributed by atoms with Crippen molar-refractivity contribution in [3.8, 4) is 0 Å². The largest absolute Gasteiger partial charge is 0.324 e. The molecule has 1 N–H and O–H groups in total. The van der Waals surface area contributed by atoms with Gasteiger partial charge >= 0.3 is 0 Å². The van der Waals surface area contributed by atoms with Crippen LogP contribution in [0.5, 0.6) is 0 Å². The van der Waals surface area contributed by atoms with Crippen molar-refractivity contribution >= 4 is 46.6 Å². The molecule has 0 fully saturated rings. The summed E-state index contributed by atoms with van der Waals surface area (Å²) in [5.41, 5.74) is 0.406. The highest BCUT2D eigenvalue weighted by atomic mass is 35.5. The monoisotopic (exact) mass is 366 g/mol. The molecular formula is C16H9Cl2FN2O3. The van der Waals surface area contributed by atoms with E-state index in [0.717, 1.165) is 11.0 Å².